The number of phenolic OH excluding ortho intramolecular Hbond substituents is 8. The highest BCUT2D eigenvalue weighted by Crippen LogP contribution is 2.35. The molecule has 14 aromatic rings. The van der Waals surface area contributed by atoms with Crippen molar-refractivity contribution in [1.82, 2.24) is 59.1 Å². The highest BCUT2D eigenvalue weighted by atomic mass is 19.1. The molecule has 0 saturated carbocycles. The minimum Gasteiger partial charge on any atom is -0.504 e. The lowest BCUT2D eigenvalue weighted by atomic mass is 10.1. The average Bonchev–Trinajstić information content (AvgIpc) is 1.67. The summed E-state index contributed by atoms with van der Waals surface area (Å²) in [6.07, 6.45) is 1.21. The maximum Gasteiger partial charge on any atom is 0.181 e. The van der Waals surface area contributed by atoms with Gasteiger partial charge in [-0.25, -0.2) is 47.4 Å². The summed E-state index contributed by atoms with van der Waals surface area (Å²) in [5.74, 6) is 2.15. The summed E-state index contributed by atoms with van der Waals surface area (Å²) in [6.45, 7) is 12.4. The van der Waals surface area contributed by atoms with Crippen molar-refractivity contribution >= 4 is 0 Å². The number of aromatic hydroxyl groups is 8. The SMILES string of the molecule is CC(C)(C)n1nc(-c2ccccc2)nc1-c1ccc(O)c(O)c1.CC(C)(C)n1nc(-c2ccccc2)nc1Cc1ccc(O)c(O)c1.Oc1ccc(Cc2nc(-c3ccccc3)nn2-c2ccc(F)cc2F)cc1O.Oc1ccc(Cc2nc(-c3ccccc3)nn2-c2ccccc2)cc1O. The number of phenols is 8. The van der Waals surface area contributed by atoms with E-state index in [1.165, 1.54) is 47.1 Å². The third kappa shape index (κ3) is 17.1. The van der Waals surface area contributed by atoms with Crippen LogP contribution in [0.4, 0.5) is 8.78 Å². The maximum absolute atomic E-state index is 14.4. The van der Waals surface area contributed by atoms with Gasteiger partial charge in [0, 0.05) is 53.1 Å². The first-order valence-electron chi connectivity index (χ1n) is 32.1. The molecule has 0 fully saturated rings. The molecule has 20 nitrogen and oxygen atoms in total. The average molecular weight is 1360 g/mol. The van der Waals surface area contributed by atoms with E-state index in [2.05, 4.69) is 51.1 Å². The smallest absolute Gasteiger partial charge is 0.181 e. The Morgan fingerprint density at radius 3 is 1.06 bits per heavy atom. The van der Waals surface area contributed by atoms with Gasteiger partial charge in [-0.2, -0.15) is 5.10 Å². The molecule has 14 rings (SSSR count). The zero-order valence-corrected chi connectivity index (χ0v) is 55.9. The Labute approximate surface area is 580 Å². The van der Waals surface area contributed by atoms with Crippen LogP contribution in [0.25, 0.3) is 68.3 Å². The van der Waals surface area contributed by atoms with E-state index in [-0.39, 0.29) is 69.2 Å². The Morgan fingerprint density at radius 2 is 0.653 bits per heavy atom. The van der Waals surface area contributed by atoms with Gasteiger partial charge in [0.15, 0.2) is 80.9 Å². The van der Waals surface area contributed by atoms with Crippen molar-refractivity contribution in [2.75, 3.05) is 0 Å². The summed E-state index contributed by atoms with van der Waals surface area (Å²) in [4.78, 5) is 18.6. The number of para-hydroxylation sites is 1. The summed E-state index contributed by atoms with van der Waals surface area (Å²) in [5, 5.41) is 95.3. The van der Waals surface area contributed by atoms with Crippen LogP contribution in [-0.4, -0.2) is 99.9 Å². The monoisotopic (exact) mass is 1350 g/mol. The summed E-state index contributed by atoms with van der Waals surface area (Å²) >= 11 is 0. The standard InChI is InChI=1S/C21H15F2N3O2.C21H17N3O2.C19H21N3O2.C18H19N3O2/c22-15-7-8-17(16(23)12-15)26-20(11-13-6-9-18(27)19(28)10-13)24-21(25-26)14-4-2-1-3-5-14;25-18-12-11-15(13-19(18)26)14-20-22-21(16-7-3-1-4-8-16)23-24(20)17-9-5-2-6-10-17;1-19(2,3)22-17(12-13-9-10-15(23)16(24)11-13)20-18(21-22)14-7-5-4-6-8-14;1-18(2,3)21-17(13-9-10-14(22)15(23)11-13)19-16(20-21)12-7-5-4-6-8-12/h1-10,12,27-28H,11H2;1-13,25-26H,14H2;4-11,23-24H,12H2,1-3H3;4-11,22-23H,1-3H3. The molecule has 4 aromatic heterocycles. The van der Waals surface area contributed by atoms with E-state index in [0.29, 0.717) is 58.9 Å². The second-order valence-corrected chi connectivity index (χ2v) is 25.4. The second kappa shape index (κ2) is 30.2. The van der Waals surface area contributed by atoms with Gasteiger partial charge in [0.05, 0.1) is 16.8 Å². The van der Waals surface area contributed by atoms with Gasteiger partial charge in [-0.1, -0.05) is 158 Å². The molecule has 22 heteroatoms. The van der Waals surface area contributed by atoms with Crippen molar-refractivity contribution in [3.05, 3.63) is 288 Å². The molecule has 0 bridgehead atoms. The van der Waals surface area contributed by atoms with E-state index < -0.39 is 11.6 Å². The van der Waals surface area contributed by atoms with E-state index in [9.17, 15) is 49.6 Å². The lowest BCUT2D eigenvalue weighted by molar-refractivity contribution is 0.344. The fourth-order valence-corrected chi connectivity index (χ4v) is 10.6. The summed E-state index contributed by atoms with van der Waals surface area (Å²) in [5.41, 5.74) is 7.13. The maximum atomic E-state index is 14.4. The fourth-order valence-electron chi connectivity index (χ4n) is 10.6. The van der Waals surface area contributed by atoms with Gasteiger partial charge in [-0.15, -0.1) is 15.3 Å². The van der Waals surface area contributed by atoms with Crippen LogP contribution in [0.5, 0.6) is 46.0 Å². The van der Waals surface area contributed by atoms with Crippen LogP contribution in [0, 0.1) is 11.6 Å². The van der Waals surface area contributed by atoms with Crippen molar-refractivity contribution in [2.24, 2.45) is 0 Å². The van der Waals surface area contributed by atoms with E-state index in [4.69, 9.17) is 9.97 Å². The Kier molecular flexibility index (Phi) is 20.7. The third-order valence-electron chi connectivity index (χ3n) is 15.6. The van der Waals surface area contributed by atoms with Crippen LogP contribution in [0.3, 0.4) is 0 Å². The van der Waals surface area contributed by atoms with E-state index in [0.717, 1.165) is 62.8 Å². The molecule has 0 atom stereocenters. The Bertz CT molecular complexity index is 5140. The molecule has 0 spiro atoms. The van der Waals surface area contributed by atoms with E-state index in [1.807, 2.05) is 186 Å². The van der Waals surface area contributed by atoms with Crippen molar-refractivity contribution < 1.29 is 49.6 Å². The Hall–Kier alpha value is -13.0. The van der Waals surface area contributed by atoms with E-state index >= 15 is 0 Å². The van der Waals surface area contributed by atoms with Gasteiger partial charge in [0.1, 0.15) is 29.0 Å². The number of halogens is 2. The molecule has 0 radical (unpaired) electrons. The van der Waals surface area contributed by atoms with E-state index in [1.54, 1.807) is 36.4 Å². The number of hydrogen-bond acceptors (Lipinski definition) is 16. The van der Waals surface area contributed by atoms with Gasteiger partial charge in [-0.3, -0.25) is 0 Å². The van der Waals surface area contributed by atoms with Gasteiger partial charge >= 0.3 is 0 Å². The highest BCUT2D eigenvalue weighted by molar-refractivity contribution is 5.65. The number of aromatic nitrogens is 12. The normalized spacial score (nSPS) is 11.2. The lowest BCUT2D eigenvalue weighted by Crippen LogP contribution is -2.25. The Morgan fingerprint density at radius 1 is 0.307 bits per heavy atom. The van der Waals surface area contributed by atoms with Crippen molar-refractivity contribution in [3.8, 4) is 114 Å². The van der Waals surface area contributed by atoms with Gasteiger partial charge in [0.25, 0.3) is 0 Å². The summed E-state index contributed by atoms with van der Waals surface area (Å²) in [7, 11) is 0. The van der Waals surface area contributed by atoms with Crippen LogP contribution in [0.1, 0.15) is 75.7 Å². The molecule has 10 aromatic carbocycles. The predicted octanol–water partition coefficient (Wildman–Crippen LogP) is 15.6. The van der Waals surface area contributed by atoms with Crippen molar-refractivity contribution in [3.63, 3.8) is 0 Å². The third-order valence-corrected chi connectivity index (χ3v) is 15.6. The lowest BCUT2D eigenvalue weighted by Gasteiger charge is -2.21. The first-order valence-corrected chi connectivity index (χ1v) is 32.1. The zero-order valence-electron chi connectivity index (χ0n) is 55.9. The number of rotatable bonds is 13. The van der Waals surface area contributed by atoms with Crippen LogP contribution in [-0.2, 0) is 30.3 Å². The molecule has 0 aliphatic carbocycles. The fraction of sp³-hybridized carbons (Fsp3) is 0.139. The number of hydrogen-bond donors (Lipinski definition) is 8. The predicted molar refractivity (Wildman–Crippen MR) is 381 cm³/mol. The van der Waals surface area contributed by atoms with Crippen LogP contribution >= 0.6 is 0 Å². The molecule has 0 saturated heterocycles. The molecule has 4 heterocycles. The first kappa shape index (κ1) is 69.4. The van der Waals surface area contributed by atoms with Crippen LogP contribution < -0.4 is 0 Å². The summed E-state index contributed by atoms with van der Waals surface area (Å²) < 4.78 is 34.6. The molecular weight excluding hydrogens is 1280 g/mol. The van der Waals surface area contributed by atoms with Gasteiger partial charge in [0.2, 0.25) is 0 Å². The molecule has 0 aliphatic rings. The molecule has 0 aliphatic heterocycles. The quantitative estimate of drug-likeness (QED) is 0.0498. The van der Waals surface area contributed by atoms with Crippen molar-refractivity contribution in [2.45, 2.75) is 71.9 Å². The molecule has 8 N–H and O–H groups in total. The summed E-state index contributed by atoms with van der Waals surface area (Å²) in [6, 6.07) is 70.3. The second-order valence-electron chi connectivity index (χ2n) is 25.4. The minimum atomic E-state index is -0.765. The highest BCUT2D eigenvalue weighted by Gasteiger charge is 2.26. The molecule has 0 amide bonds. The van der Waals surface area contributed by atoms with Gasteiger partial charge in [-0.05, 0) is 137 Å². The topological polar surface area (TPSA) is 285 Å². The number of nitrogens with zero attached hydrogens (tertiary/aromatic N) is 12. The van der Waals surface area contributed by atoms with Crippen LogP contribution in [0.2, 0.25) is 0 Å². The molecule has 101 heavy (non-hydrogen) atoms. The van der Waals surface area contributed by atoms with Crippen molar-refractivity contribution in [1.29, 1.82) is 0 Å². The first-order chi connectivity index (χ1) is 48.4. The molecular formula is C79H72F2N12O8. The van der Waals surface area contributed by atoms with Gasteiger partial charge < -0.3 is 40.9 Å². The largest absolute Gasteiger partial charge is 0.504 e. The molecule has 0 unspecified atom stereocenters. The minimum absolute atomic E-state index is 0.0640. The zero-order chi connectivity index (χ0) is 71.5. The number of benzene rings is 10. The molecule has 510 valence electrons. The Balaban J connectivity index is 0.000000136. The van der Waals surface area contributed by atoms with Crippen LogP contribution in [0.15, 0.2) is 243 Å².